The van der Waals surface area contributed by atoms with Gasteiger partial charge in [0.1, 0.15) is 0 Å². The Kier molecular flexibility index (Phi) is 3.98. The molecule has 0 rings (SSSR count). The topological polar surface area (TPSA) is 41.3 Å². The Morgan fingerprint density at radius 3 is 2.43 bits per heavy atom. The molecule has 0 saturated heterocycles. The van der Waals surface area contributed by atoms with E-state index >= 15 is 0 Å². The molecule has 0 atom stereocenters. The van der Waals surface area contributed by atoms with Gasteiger partial charge < -0.3 is 5.32 Å². The Bertz CT molecular complexity index is 37.9. The van der Waals surface area contributed by atoms with E-state index in [1.807, 2.05) is 14.0 Å². The van der Waals surface area contributed by atoms with Crippen LogP contribution in [-0.2, 0) is 0 Å². The quantitative estimate of drug-likeness (QED) is 0.283. The van der Waals surface area contributed by atoms with Crippen LogP contribution in [0, 0.1) is 0 Å². The molecule has 0 aliphatic rings. The van der Waals surface area contributed by atoms with Crippen LogP contribution in [0.3, 0.4) is 0 Å². The summed E-state index contributed by atoms with van der Waals surface area (Å²) in [5.74, 6) is 5.35. The van der Waals surface area contributed by atoms with Crippen LogP contribution in [0.1, 0.15) is 6.92 Å². The van der Waals surface area contributed by atoms with E-state index in [0.717, 1.165) is 13.2 Å². The molecule has 0 aromatic heterocycles. The molecule has 0 aliphatic heterocycles. The second-order valence-electron chi connectivity index (χ2n) is 1.42. The molecule has 7 heavy (non-hydrogen) atoms. The summed E-state index contributed by atoms with van der Waals surface area (Å²) in [6.45, 7) is 3.66. The Hall–Kier alpha value is -0.120. The van der Waals surface area contributed by atoms with E-state index in [9.17, 15) is 0 Å². The Labute approximate surface area is 44.5 Å². The zero-order chi connectivity index (χ0) is 5.70. The molecule has 0 aromatic rings. The van der Waals surface area contributed by atoms with E-state index in [-0.39, 0.29) is 0 Å². The minimum absolute atomic E-state index is 0.760. The van der Waals surface area contributed by atoms with Crippen molar-refractivity contribution in [3.8, 4) is 0 Å². The summed E-state index contributed by atoms with van der Waals surface area (Å²) in [6.07, 6.45) is 0. The molecule has 0 spiro atoms. The van der Waals surface area contributed by atoms with Crippen molar-refractivity contribution in [2.24, 2.45) is 5.84 Å². The average molecular weight is 103 g/mol. The third kappa shape index (κ3) is 3.72. The summed E-state index contributed by atoms with van der Waals surface area (Å²) in [7, 11) is 1.87. The number of hydrogen-bond donors (Lipinski definition) is 2. The molecular weight excluding hydrogens is 90.1 g/mol. The lowest BCUT2D eigenvalue weighted by molar-refractivity contribution is 0.283. The Morgan fingerprint density at radius 2 is 2.29 bits per heavy atom. The van der Waals surface area contributed by atoms with Crippen molar-refractivity contribution in [2.75, 3.05) is 20.3 Å². The summed E-state index contributed by atoms with van der Waals surface area (Å²) >= 11 is 0. The lowest BCUT2D eigenvalue weighted by Crippen LogP contribution is -2.37. The number of hydrazine groups is 1. The van der Waals surface area contributed by atoms with Crippen LogP contribution < -0.4 is 11.2 Å². The van der Waals surface area contributed by atoms with Crippen LogP contribution >= 0.6 is 0 Å². The minimum atomic E-state index is 0.760. The zero-order valence-electron chi connectivity index (χ0n) is 4.94. The van der Waals surface area contributed by atoms with E-state index in [4.69, 9.17) is 5.84 Å². The molecule has 0 aliphatic carbocycles. The van der Waals surface area contributed by atoms with Gasteiger partial charge in [0.05, 0.1) is 6.67 Å². The molecule has 3 nitrogen and oxygen atoms in total. The van der Waals surface area contributed by atoms with Crippen LogP contribution in [0.15, 0.2) is 0 Å². The van der Waals surface area contributed by atoms with Crippen LogP contribution in [0.25, 0.3) is 0 Å². The highest BCUT2D eigenvalue weighted by atomic mass is 15.4. The van der Waals surface area contributed by atoms with E-state index in [2.05, 4.69) is 5.32 Å². The van der Waals surface area contributed by atoms with Gasteiger partial charge in [0.25, 0.3) is 0 Å². The molecule has 0 bridgehead atoms. The third-order valence-electron chi connectivity index (χ3n) is 0.767. The van der Waals surface area contributed by atoms with Crippen molar-refractivity contribution in [1.29, 1.82) is 0 Å². The van der Waals surface area contributed by atoms with Crippen molar-refractivity contribution in [3.63, 3.8) is 0 Å². The lowest BCUT2D eigenvalue weighted by Gasteiger charge is -2.10. The normalized spacial score (nSPS) is 10.3. The van der Waals surface area contributed by atoms with Crippen molar-refractivity contribution >= 4 is 0 Å². The smallest absolute Gasteiger partial charge is 0.0615 e. The van der Waals surface area contributed by atoms with Crippen LogP contribution in [0.5, 0.6) is 0 Å². The third-order valence-corrected chi connectivity index (χ3v) is 0.767. The van der Waals surface area contributed by atoms with Crippen molar-refractivity contribution in [3.05, 3.63) is 0 Å². The first-order chi connectivity index (χ1) is 3.31. The van der Waals surface area contributed by atoms with E-state index < -0.39 is 0 Å². The lowest BCUT2D eigenvalue weighted by atomic mass is 10.7. The zero-order valence-corrected chi connectivity index (χ0v) is 4.94. The van der Waals surface area contributed by atoms with Gasteiger partial charge in [-0.25, -0.2) is 5.01 Å². The van der Waals surface area contributed by atoms with Gasteiger partial charge in [-0.3, -0.25) is 5.84 Å². The standard InChI is InChI=1S/C4H13N3/c1-3-7(5)4-6-2/h6H,3-5H2,1-2H3. The molecule has 0 aromatic carbocycles. The first kappa shape index (κ1) is 6.88. The number of hydrogen-bond acceptors (Lipinski definition) is 3. The summed E-state index contributed by atoms with van der Waals surface area (Å²) in [4.78, 5) is 0. The summed E-state index contributed by atoms with van der Waals surface area (Å²) in [5, 5.41) is 4.61. The molecule has 0 fully saturated rings. The molecule has 0 heterocycles. The van der Waals surface area contributed by atoms with Gasteiger partial charge in [0.2, 0.25) is 0 Å². The Balaban J connectivity index is 2.83. The molecule has 3 heteroatoms. The molecular formula is C4H13N3. The fraction of sp³-hybridized carbons (Fsp3) is 1.00. The number of nitrogens with two attached hydrogens (primary N) is 1. The summed E-state index contributed by atoms with van der Waals surface area (Å²) in [6, 6.07) is 0. The largest absolute Gasteiger partial charge is 0.306 e. The maximum atomic E-state index is 5.35. The van der Waals surface area contributed by atoms with Gasteiger partial charge in [0.15, 0.2) is 0 Å². The first-order valence-corrected chi connectivity index (χ1v) is 2.45. The fourth-order valence-electron chi connectivity index (χ4n) is 0.315. The second kappa shape index (κ2) is 4.05. The highest BCUT2D eigenvalue weighted by molar-refractivity contribution is 4.35. The first-order valence-electron chi connectivity index (χ1n) is 2.45. The predicted octanol–water partition coefficient (Wildman–Crippen LogP) is -0.641. The van der Waals surface area contributed by atoms with Crippen LogP contribution in [-0.4, -0.2) is 25.3 Å². The van der Waals surface area contributed by atoms with E-state index in [1.54, 1.807) is 5.01 Å². The van der Waals surface area contributed by atoms with Crippen molar-refractivity contribution in [2.45, 2.75) is 6.92 Å². The van der Waals surface area contributed by atoms with E-state index in [1.165, 1.54) is 0 Å². The number of rotatable bonds is 3. The van der Waals surface area contributed by atoms with Crippen LogP contribution in [0.2, 0.25) is 0 Å². The molecule has 0 unspecified atom stereocenters. The monoisotopic (exact) mass is 103 g/mol. The van der Waals surface area contributed by atoms with E-state index in [0.29, 0.717) is 0 Å². The number of nitrogens with one attached hydrogen (secondary N) is 1. The van der Waals surface area contributed by atoms with Gasteiger partial charge in [-0.15, -0.1) is 0 Å². The molecule has 0 amide bonds. The summed E-state index contributed by atoms with van der Waals surface area (Å²) < 4.78 is 0. The molecule has 0 saturated carbocycles. The van der Waals surface area contributed by atoms with Gasteiger partial charge >= 0.3 is 0 Å². The Morgan fingerprint density at radius 1 is 1.71 bits per heavy atom. The SMILES string of the molecule is CCN(N)CNC. The molecule has 44 valence electrons. The fourth-order valence-corrected chi connectivity index (χ4v) is 0.315. The minimum Gasteiger partial charge on any atom is -0.306 e. The van der Waals surface area contributed by atoms with Gasteiger partial charge in [-0.2, -0.15) is 0 Å². The van der Waals surface area contributed by atoms with Crippen LogP contribution in [0.4, 0.5) is 0 Å². The highest BCUT2D eigenvalue weighted by Crippen LogP contribution is 1.66. The predicted molar refractivity (Wildman–Crippen MR) is 30.5 cm³/mol. The van der Waals surface area contributed by atoms with Gasteiger partial charge in [0, 0.05) is 6.54 Å². The summed E-state index contributed by atoms with van der Waals surface area (Å²) in [5.41, 5.74) is 0. The second-order valence-corrected chi connectivity index (χ2v) is 1.42. The average Bonchev–Trinajstić information content (AvgIpc) is 1.68. The van der Waals surface area contributed by atoms with Crippen molar-refractivity contribution in [1.82, 2.24) is 10.3 Å². The number of nitrogens with zero attached hydrogens (tertiary/aromatic N) is 1. The van der Waals surface area contributed by atoms with Gasteiger partial charge in [-0.05, 0) is 7.05 Å². The maximum absolute atomic E-state index is 5.35. The van der Waals surface area contributed by atoms with Gasteiger partial charge in [-0.1, -0.05) is 6.92 Å². The maximum Gasteiger partial charge on any atom is 0.0615 e. The van der Waals surface area contributed by atoms with Crippen molar-refractivity contribution < 1.29 is 0 Å². The molecule has 3 N–H and O–H groups in total. The highest BCUT2D eigenvalue weighted by Gasteiger charge is 1.85. The molecule has 0 radical (unpaired) electrons.